The fraction of sp³-hybridized carbons (Fsp3) is 0.143. The molecule has 0 radical (unpaired) electrons. The summed E-state index contributed by atoms with van der Waals surface area (Å²) in [5.74, 6) is -1.79. The maximum absolute atomic E-state index is 12.0. The van der Waals surface area contributed by atoms with E-state index in [4.69, 9.17) is 11.6 Å². The van der Waals surface area contributed by atoms with Crippen molar-refractivity contribution in [2.45, 2.75) is 5.92 Å². The number of halogens is 1. The van der Waals surface area contributed by atoms with Crippen molar-refractivity contribution < 1.29 is 4.92 Å². The third-order valence-corrected chi connectivity index (χ3v) is 4.82. The van der Waals surface area contributed by atoms with Crippen LogP contribution in [0.1, 0.15) is 16.5 Å². The van der Waals surface area contributed by atoms with E-state index in [0.717, 1.165) is 9.38 Å². The lowest BCUT2D eigenvalue weighted by atomic mass is 10.0. The molecular weight excluding hydrogens is 354 g/mol. The van der Waals surface area contributed by atoms with Gasteiger partial charge in [0, 0.05) is 0 Å². The summed E-state index contributed by atoms with van der Waals surface area (Å²) in [4.78, 5) is 26.9. The van der Waals surface area contributed by atoms with E-state index in [-0.39, 0.29) is 5.56 Å². The third-order valence-electron chi connectivity index (χ3n) is 3.35. The Morgan fingerprint density at radius 1 is 1.46 bits per heavy atom. The van der Waals surface area contributed by atoms with Gasteiger partial charge in [0.15, 0.2) is 0 Å². The van der Waals surface area contributed by atoms with Crippen molar-refractivity contribution in [1.29, 1.82) is 5.26 Å². The van der Waals surface area contributed by atoms with E-state index in [2.05, 4.69) is 10.1 Å². The Hall–Kier alpha value is -2.83. The Morgan fingerprint density at radius 2 is 2.17 bits per heavy atom. The Balaban J connectivity index is 2.29. The van der Waals surface area contributed by atoms with Crippen molar-refractivity contribution in [3.8, 4) is 6.07 Å². The maximum atomic E-state index is 12.0. The molecule has 0 aliphatic rings. The molecule has 0 unspecified atom stereocenters. The molecule has 120 valence electrons. The van der Waals surface area contributed by atoms with Gasteiger partial charge in [-0.25, -0.2) is 4.98 Å². The number of benzene rings is 1. The molecule has 0 amide bonds. The minimum absolute atomic E-state index is 0.230. The van der Waals surface area contributed by atoms with E-state index in [1.165, 1.54) is 18.4 Å². The quantitative estimate of drug-likeness (QED) is 0.523. The maximum Gasteiger partial charge on any atom is 0.395 e. The highest BCUT2D eigenvalue weighted by Crippen LogP contribution is 2.37. The lowest BCUT2D eigenvalue weighted by molar-refractivity contribution is -0.391. The van der Waals surface area contributed by atoms with Crippen molar-refractivity contribution in [1.82, 2.24) is 14.8 Å². The molecule has 0 aliphatic heterocycles. The largest absolute Gasteiger partial charge is 0.395 e. The predicted octanol–water partition coefficient (Wildman–Crippen LogP) is 2.61. The van der Waals surface area contributed by atoms with Crippen LogP contribution >= 0.6 is 22.9 Å². The van der Waals surface area contributed by atoms with Crippen molar-refractivity contribution in [2.75, 3.05) is 0 Å². The zero-order valence-electron chi connectivity index (χ0n) is 12.1. The summed E-state index contributed by atoms with van der Waals surface area (Å²) in [7, 11) is 1.25. The molecule has 8 nitrogen and oxygen atoms in total. The van der Waals surface area contributed by atoms with Gasteiger partial charge in [-0.15, -0.1) is 16.0 Å². The highest BCUT2D eigenvalue weighted by atomic mass is 35.5. The molecule has 0 N–H and O–H groups in total. The zero-order chi connectivity index (χ0) is 17.4. The van der Waals surface area contributed by atoms with E-state index in [9.17, 15) is 20.2 Å². The van der Waals surface area contributed by atoms with Crippen LogP contribution in [0.3, 0.4) is 0 Å². The minimum Gasteiger partial charge on any atom is -0.358 e. The van der Waals surface area contributed by atoms with Gasteiger partial charge in [0.05, 0.1) is 28.4 Å². The number of nitro groups is 1. The van der Waals surface area contributed by atoms with Crippen LogP contribution < -0.4 is 5.56 Å². The van der Waals surface area contributed by atoms with Crippen LogP contribution in [0.5, 0.6) is 0 Å². The highest BCUT2D eigenvalue weighted by molar-refractivity contribution is 7.18. The second-order valence-electron chi connectivity index (χ2n) is 4.82. The Bertz CT molecular complexity index is 1040. The van der Waals surface area contributed by atoms with Crippen LogP contribution in [0.2, 0.25) is 5.02 Å². The molecule has 24 heavy (non-hydrogen) atoms. The summed E-state index contributed by atoms with van der Waals surface area (Å²) >= 11 is 7.23. The normalized spacial score (nSPS) is 12.0. The van der Waals surface area contributed by atoms with E-state index in [1.807, 2.05) is 18.2 Å². The van der Waals surface area contributed by atoms with Crippen LogP contribution in [0.15, 0.2) is 29.1 Å². The number of thiazole rings is 1. The molecule has 3 aromatic rings. The number of nitrogens with zero attached hydrogens (tertiary/aromatic N) is 5. The standard InChI is InChI=1S/C14H8ClN5O3S/c1-19-14(21)11(15)10(12(18-19)20(22)23)7(6-16)13-17-8-4-2-3-5-9(8)24-13/h2-5,7H,1H3/t7-/m0/s1. The number of aryl methyl sites for hydroxylation is 1. The molecule has 0 spiro atoms. The van der Waals surface area contributed by atoms with Crippen molar-refractivity contribution >= 4 is 39.0 Å². The summed E-state index contributed by atoms with van der Waals surface area (Å²) in [6.45, 7) is 0. The molecule has 1 aromatic carbocycles. The predicted molar refractivity (Wildman–Crippen MR) is 88.2 cm³/mol. The van der Waals surface area contributed by atoms with Gasteiger partial charge in [-0.2, -0.15) is 5.26 Å². The van der Waals surface area contributed by atoms with Gasteiger partial charge in [-0.3, -0.25) is 4.79 Å². The molecule has 2 aromatic heterocycles. The third kappa shape index (κ3) is 2.51. The van der Waals surface area contributed by atoms with Crippen LogP contribution in [0.4, 0.5) is 5.82 Å². The first-order valence-electron chi connectivity index (χ1n) is 6.60. The molecule has 10 heteroatoms. The van der Waals surface area contributed by atoms with Gasteiger partial charge in [-0.05, 0) is 17.1 Å². The van der Waals surface area contributed by atoms with E-state index in [1.54, 1.807) is 12.1 Å². The molecule has 1 atom stereocenters. The van der Waals surface area contributed by atoms with E-state index < -0.39 is 27.2 Å². The first-order valence-corrected chi connectivity index (χ1v) is 7.79. The number of hydrogen-bond donors (Lipinski definition) is 0. The second kappa shape index (κ2) is 5.99. The molecule has 0 saturated carbocycles. The number of fused-ring (bicyclic) bond motifs is 1. The van der Waals surface area contributed by atoms with Crippen LogP contribution in [-0.2, 0) is 7.05 Å². The molecule has 0 fully saturated rings. The Morgan fingerprint density at radius 3 is 2.79 bits per heavy atom. The lowest BCUT2D eigenvalue weighted by Crippen LogP contribution is -2.24. The Kier molecular flexibility index (Phi) is 4.01. The summed E-state index contributed by atoms with van der Waals surface area (Å²) in [5, 5.41) is 24.4. The molecule has 0 bridgehead atoms. The lowest BCUT2D eigenvalue weighted by Gasteiger charge is -2.08. The molecule has 2 heterocycles. The van der Waals surface area contributed by atoms with E-state index >= 15 is 0 Å². The number of rotatable bonds is 3. The fourth-order valence-electron chi connectivity index (χ4n) is 2.24. The minimum atomic E-state index is -1.16. The van der Waals surface area contributed by atoms with Crippen LogP contribution in [0.25, 0.3) is 10.2 Å². The van der Waals surface area contributed by atoms with Crippen LogP contribution in [-0.4, -0.2) is 19.7 Å². The smallest absolute Gasteiger partial charge is 0.358 e. The van der Waals surface area contributed by atoms with Gasteiger partial charge in [0.2, 0.25) is 0 Å². The number of aromatic nitrogens is 3. The fourth-order valence-corrected chi connectivity index (χ4v) is 3.58. The monoisotopic (exact) mass is 361 g/mol. The molecular formula is C14H8ClN5O3S. The SMILES string of the molecule is Cn1nc([N+](=O)[O-])c([C@H](C#N)c2nc3ccccc3s2)c(Cl)c1=O. The zero-order valence-corrected chi connectivity index (χ0v) is 13.7. The van der Waals surface area contributed by atoms with Crippen molar-refractivity contribution in [3.63, 3.8) is 0 Å². The van der Waals surface area contributed by atoms with Gasteiger partial charge in [0.1, 0.15) is 21.5 Å². The highest BCUT2D eigenvalue weighted by Gasteiger charge is 2.33. The van der Waals surface area contributed by atoms with Crippen LogP contribution in [0, 0.1) is 21.4 Å². The van der Waals surface area contributed by atoms with Gasteiger partial charge < -0.3 is 10.1 Å². The average Bonchev–Trinajstić information content (AvgIpc) is 2.98. The average molecular weight is 362 g/mol. The molecule has 3 rings (SSSR count). The van der Waals surface area contributed by atoms with Crippen molar-refractivity contribution in [2.24, 2.45) is 7.05 Å². The summed E-state index contributed by atoms with van der Waals surface area (Å²) in [6.07, 6.45) is 0. The molecule has 0 saturated heterocycles. The molecule has 0 aliphatic carbocycles. The van der Waals surface area contributed by atoms with Gasteiger partial charge >= 0.3 is 11.4 Å². The Labute approximate surface area is 143 Å². The summed E-state index contributed by atoms with van der Waals surface area (Å²) in [6, 6.07) is 9.15. The van der Waals surface area contributed by atoms with Gasteiger partial charge in [0.25, 0.3) is 0 Å². The summed E-state index contributed by atoms with van der Waals surface area (Å²) < 4.78 is 1.60. The number of hydrogen-bond acceptors (Lipinski definition) is 7. The van der Waals surface area contributed by atoms with Crippen molar-refractivity contribution in [3.05, 3.63) is 60.3 Å². The number of nitriles is 1. The van der Waals surface area contributed by atoms with Gasteiger partial charge in [-0.1, -0.05) is 23.7 Å². The number of para-hydroxylation sites is 1. The summed E-state index contributed by atoms with van der Waals surface area (Å²) in [5.41, 5.74) is -0.279. The second-order valence-corrected chi connectivity index (χ2v) is 6.26. The van der Waals surface area contributed by atoms with E-state index in [0.29, 0.717) is 10.5 Å². The topological polar surface area (TPSA) is 115 Å². The first kappa shape index (κ1) is 16.0. The first-order chi connectivity index (χ1) is 11.4.